The Morgan fingerprint density at radius 3 is 2.51 bits per heavy atom. The van der Waals surface area contributed by atoms with Crippen LogP contribution >= 0.6 is 0 Å². The van der Waals surface area contributed by atoms with E-state index >= 15 is 0 Å². The minimum Gasteiger partial charge on any atom is -0.397 e. The Bertz CT molecular complexity index is 1320. The van der Waals surface area contributed by atoms with Crippen LogP contribution in [-0.4, -0.2) is 57.9 Å². The van der Waals surface area contributed by atoms with E-state index in [-0.39, 0.29) is 12.5 Å². The van der Waals surface area contributed by atoms with Gasteiger partial charge in [0.25, 0.3) is 0 Å². The van der Waals surface area contributed by atoms with Gasteiger partial charge in [-0.15, -0.1) is 0 Å². The van der Waals surface area contributed by atoms with E-state index in [1.165, 1.54) is 5.56 Å². The average molecular weight is 470 g/mol. The minimum absolute atomic E-state index is 0.0656. The number of para-hydroxylation sites is 2. The van der Waals surface area contributed by atoms with Gasteiger partial charge in [0.1, 0.15) is 11.5 Å². The van der Waals surface area contributed by atoms with E-state index in [2.05, 4.69) is 53.3 Å². The van der Waals surface area contributed by atoms with Crippen molar-refractivity contribution >= 4 is 28.7 Å². The number of benzene rings is 2. The average Bonchev–Trinajstić information content (AvgIpc) is 3.26. The highest BCUT2D eigenvalue weighted by Crippen LogP contribution is 2.30. The van der Waals surface area contributed by atoms with Crippen LogP contribution in [0.15, 0.2) is 67.1 Å². The maximum absolute atomic E-state index is 13.1. The molecular formula is C27H31N7O. The zero-order chi connectivity index (χ0) is 24.4. The largest absolute Gasteiger partial charge is 0.397 e. The summed E-state index contributed by atoms with van der Waals surface area (Å²) in [4.78, 5) is 26.2. The fourth-order valence-corrected chi connectivity index (χ4v) is 4.55. The lowest BCUT2D eigenvalue weighted by atomic mass is 10.0. The van der Waals surface area contributed by atoms with Gasteiger partial charge in [0, 0.05) is 44.1 Å². The molecule has 3 N–H and O–H groups in total. The number of aromatic nitrogens is 3. The molecular weight excluding hydrogens is 438 g/mol. The van der Waals surface area contributed by atoms with Crippen LogP contribution in [0.1, 0.15) is 25.3 Å². The molecule has 0 spiro atoms. The van der Waals surface area contributed by atoms with Gasteiger partial charge in [-0.1, -0.05) is 50.2 Å². The number of fused-ring (bicyclic) bond motifs is 1. The Labute approximate surface area is 205 Å². The molecule has 8 heteroatoms. The molecule has 35 heavy (non-hydrogen) atoms. The lowest BCUT2D eigenvalue weighted by Crippen LogP contribution is -2.50. The van der Waals surface area contributed by atoms with E-state index in [1.807, 2.05) is 39.8 Å². The Morgan fingerprint density at radius 1 is 1.06 bits per heavy atom. The van der Waals surface area contributed by atoms with Crippen LogP contribution in [0, 0.1) is 0 Å². The first-order valence-corrected chi connectivity index (χ1v) is 12.0. The molecule has 2 aromatic heterocycles. The van der Waals surface area contributed by atoms with Crippen molar-refractivity contribution in [3.63, 3.8) is 0 Å². The van der Waals surface area contributed by atoms with Crippen LogP contribution in [0.5, 0.6) is 0 Å². The molecule has 1 fully saturated rings. The van der Waals surface area contributed by atoms with Gasteiger partial charge in [-0.25, -0.2) is 4.98 Å². The summed E-state index contributed by atoms with van der Waals surface area (Å²) >= 11 is 0. The highest BCUT2D eigenvalue weighted by atomic mass is 16.2. The van der Waals surface area contributed by atoms with Crippen LogP contribution in [-0.2, 0) is 4.79 Å². The van der Waals surface area contributed by atoms with Gasteiger partial charge in [0.15, 0.2) is 5.65 Å². The van der Waals surface area contributed by atoms with E-state index in [4.69, 9.17) is 10.7 Å². The Kier molecular flexibility index (Phi) is 6.27. The number of imidazole rings is 1. The van der Waals surface area contributed by atoms with Gasteiger partial charge in [-0.2, -0.15) is 0 Å². The van der Waals surface area contributed by atoms with Crippen molar-refractivity contribution in [3.05, 3.63) is 72.7 Å². The number of rotatable bonds is 6. The molecule has 3 heterocycles. The van der Waals surface area contributed by atoms with E-state index in [1.54, 1.807) is 12.4 Å². The van der Waals surface area contributed by atoms with E-state index in [0.29, 0.717) is 19.0 Å². The van der Waals surface area contributed by atoms with Crippen molar-refractivity contribution in [1.29, 1.82) is 0 Å². The van der Waals surface area contributed by atoms with Crippen LogP contribution in [0.2, 0.25) is 0 Å². The summed E-state index contributed by atoms with van der Waals surface area (Å²) in [5.41, 5.74) is 11.8. The molecule has 0 aliphatic carbocycles. The highest BCUT2D eigenvalue weighted by Gasteiger charge is 2.23. The molecule has 0 unspecified atom stereocenters. The zero-order valence-corrected chi connectivity index (χ0v) is 20.2. The van der Waals surface area contributed by atoms with Crippen LogP contribution in [0.3, 0.4) is 0 Å². The summed E-state index contributed by atoms with van der Waals surface area (Å²) in [5, 5.41) is 3.37. The van der Waals surface area contributed by atoms with E-state index in [9.17, 15) is 4.79 Å². The topological polar surface area (TPSA) is 91.8 Å². The van der Waals surface area contributed by atoms with Gasteiger partial charge in [0.2, 0.25) is 5.91 Å². The smallest absolute Gasteiger partial charge is 0.242 e. The number of nitrogens with one attached hydrogen (secondary N) is 1. The zero-order valence-electron chi connectivity index (χ0n) is 20.2. The standard InChI is InChI=1S/C27H31N7O/c1-19(2)20-7-9-21(10-8-20)26-27(34-12-11-29-17-24(34)31-26)30-18-25(35)33-15-13-32(14-16-33)23-6-4-3-5-22(23)28/h3-12,17,19,30H,13-16,18,28H2,1-2H3. The molecule has 2 aromatic carbocycles. The number of carbonyl (C=O) groups excluding carboxylic acids is 1. The summed E-state index contributed by atoms with van der Waals surface area (Å²) in [6.07, 6.45) is 5.32. The van der Waals surface area contributed by atoms with Gasteiger partial charge in [-0.3, -0.25) is 14.2 Å². The summed E-state index contributed by atoms with van der Waals surface area (Å²) in [5.74, 6) is 1.32. The van der Waals surface area contributed by atoms with Crippen molar-refractivity contribution in [3.8, 4) is 11.3 Å². The number of nitrogens with zero attached hydrogens (tertiary/aromatic N) is 5. The second-order valence-electron chi connectivity index (χ2n) is 9.17. The third-order valence-corrected chi connectivity index (χ3v) is 6.60. The predicted molar refractivity (Wildman–Crippen MR) is 141 cm³/mol. The molecule has 0 saturated carbocycles. The third-order valence-electron chi connectivity index (χ3n) is 6.60. The normalized spacial score (nSPS) is 14.0. The number of piperazine rings is 1. The number of nitrogen functional groups attached to an aromatic ring is 1. The molecule has 1 aliphatic rings. The van der Waals surface area contributed by atoms with Gasteiger partial charge in [-0.05, 0) is 23.6 Å². The summed E-state index contributed by atoms with van der Waals surface area (Å²) in [6, 6.07) is 16.3. The molecule has 180 valence electrons. The fourth-order valence-electron chi connectivity index (χ4n) is 4.55. The highest BCUT2D eigenvalue weighted by molar-refractivity contribution is 5.84. The number of carbonyl (C=O) groups is 1. The first kappa shape index (κ1) is 22.7. The second-order valence-corrected chi connectivity index (χ2v) is 9.17. The van der Waals surface area contributed by atoms with Gasteiger partial charge >= 0.3 is 0 Å². The number of nitrogens with two attached hydrogens (primary N) is 1. The third kappa shape index (κ3) is 4.64. The Balaban J connectivity index is 1.30. The molecule has 8 nitrogen and oxygen atoms in total. The monoisotopic (exact) mass is 469 g/mol. The lowest BCUT2D eigenvalue weighted by molar-refractivity contribution is -0.129. The second kappa shape index (κ2) is 9.66. The molecule has 1 amide bonds. The predicted octanol–water partition coefficient (Wildman–Crippen LogP) is 3.86. The van der Waals surface area contributed by atoms with Crippen molar-refractivity contribution in [2.75, 3.05) is 48.7 Å². The SMILES string of the molecule is CC(C)c1ccc(-c2nc3cnccn3c2NCC(=O)N2CCN(c3ccccc3N)CC2)cc1. The van der Waals surface area contributed by atoms with Crippen LogP contribution < -0.4 is 16.0 Å². The molecule has 0 radical (unpaired) electrons. The number of hydrogen-bond acceptors (Lipinski definition) is 6. The first-order valence-electron chi connectivity index (χ1n) is 12.0. The van der Waals surface area contributed by atoms with E-state index < -0.39 is 0 Å². The molecule has 5 rings (SSSR count). The van der Waals surface area contributed by atoms with Crippen LogP contribution in [0.25, 0.3) is 16.9 Å². The minimum atomic E-state index is 0.0656. The fraction of sp³-hybridized carbons (Fsp3) is 0.296. The summed E-state index contributed by atoms with van der Waals surface area (Å²) in [6.45, 7) is 7.40. The molecule has 4 aromatic rings. The molecule has 0 bridgehead atoms. The lowest BCUT2D eigenvalue weighted by Gasteiger charge is -2.36. The number of hydrogen-bond donors (Lipinski definition) is 2. The number of anilines is 3. The van der Waals surface area contributed by atoms with Crippen molar-refractivity contribution in [2.24, 2.45) is 0 Å². The molecule has 1 saturated heterocycles. The Hall–Kier alpha value is -4.07. The first-order chi connectivity index (χ1) is 17.0. The van der Waals surface area contributed by atoms with Gasteiger partial charge < -0.3 is 20.9 Å². The van der Waals surface area contributed by atoms with Crippen molar-refractivity contribution in [2.45, 2.75) is 19.8 Å². The van der Waals surface area contributed by atoms with Crippen molar-refractivity contribution in [1.82, 2.24) is 19.3 Å². The molecule has 0 atom stereocenters. The van der Waals surface area contributed by atoms with E-state index in [0.717, 1.165) is 47.2 Å². The maximum Gasteiger partial charge on any atom is 0.242 e. The maximum atomic E-state index is 13.1. The quantitative estimate of drug-likeness (QED) is 0.417. The van der Waals surface area contributed by atoms with Crippen LogP contribution in [0.4, 0.5) is 17.2 Å². The molecule has 1 aliphatic heterocycles. The van der Waals surface area contributed by atoms with Gasteiger partial charge in [0.05, 0.1) is 24.1 Å². The number of amides is 1. The summed E-state index contributed by atoms with van der Waals surface area (Å²) in [7, 11) is 0. The van der Waals surface area contributed by atoms with Crippen molar-refractivity contribution < 1.29 is 4.79 Å². The Morgan fingerprint density at radius 2 is 1.80 bits per heavy atom. The summed E-state index contributed by atoms with van der Waals surface area (Å²) < 4.78 is 1.95.